The van der Waals surface area contributed by atoms with E-state index in [2.05, 4.69) is 24.4 Å². The number of hydrogen-bond acceptors (Lipinski definition) is 3. The summed E-state index contributed by atoms with van der Waals surface area (Å²) in [5.41, 5.74) is 3.52. The van der Waals surface area contributed by atoms with Gasteiger partial charge >= 0.3 is 6.09 Å². The summed E-state index contributed by atoms with van der Waals surface area (Å²) in [4.78, 5) is 11.9. The molecule has 4 nitrogen and oxygen atoms in total. The van der Waals surface area contributed by atoms with Crippen molar-refractivity contribution in [3.63, 3.8) is 0 Å². The maximum atomic E-state index is 11.9. The quantitative estimate of drug-likeness (QED) is 0.789. The van der Waals surface area contributed by atoms with Crippen LogP contribution in [0.5, 0.6) is 0 Å². The molecule has 4 heteroatoms. The van der Waals surface area contributed by atoms with Crippen molar-refractivity contribution in [2.24, 2.45) is 0 Å². The highest BCUT2D eigenvalue weighted by Crippen LogP contribution is 2.46. The highest BCUT2D eigenvalue weighted by molar-refractivity contribution is 5.89. The molecule has 1 amide bonds. The zero-order valence-electron chi connectivity index (χ0n) is 13.5. The topological polar surface area (TPSA) is 62.1 Å². The van der Waals surface area contributed by atoms with Crippen LogP contribution in [0.2, 0.25) is 0 Å². The molecule has 0 aromatic heterocycles. The van der Waals surface area contributed by atoms with E-state index < -0.39 is 5.60 Å². The summed E-state index contributed by atoms with van der Waals surface area (Å²) in [7, 11) is 0. The lowest BCUT2D eigenvalue weighted by molar-refractivity contribution is -0.0179. The fraction of sp³-hybridized carbons (Fsp3) is 0.474. The highest BCUT2D eigenvalue weighted by Gasteiger charge is 2.42. The van der Waals surface area contributed by atoms with Gasteiger partial charge in [-0.05, 0) is 55.4 Å². The van der Waals surface area contributed by atoms with Crippen LogP contribution in [0.1, 0.15) is 63.0 Å². The fourth-order valence-electron chi connectivity index (χ4n) is 3.74. The molecule has 0 atom stereocenters. The van der Waals surface area contributed by atoms with Gasteiger partial charge in [0, 0.05) is 11.6 Å². The molecule has 1 spiro atoms. The van der Waals surface area contributed by atoms with E-state index in [-0.39, 0.29) is 6.09 Å². The van der Waals surface area contributed by atoms with Crippen molar-refractivity contribution in [3.8, 4) is 6.07 Å². The molecule has 1 aliphatic carbocycles. The molecule has 0 saturated heterocycles. The Morgan fingerprint density at radius 2 is 2.17 bits per heavy atom. The lowest BCUT2D eigenvalue weighted by Crippen LogP contribution is -2.41. The molecule has 1 fully saturated rings. The smallest absolute Gasteiger partial charge is 0.412 e. The number of fused-ring (bicyclic) bond motifs is 2. The molecule has 3 rings (SSSR count). The van der Waals surface area contributed by atoms with Gasteiger partial charge in [-0.2, -0.15) is 5.26 Å². The summed E-state index contributed by atoms with van der Waals surface area (Å²) in [5.74, 6) is 0. The summed E-state index contributed by atoms with van der Waals surface area (Å²) in [6.45, 7) is 2.11. The average molecular weight is 310 g/mol. The molecule has 1 saturated carbocycles. The van der Waals surface area contributed by atoms with Gasteiger partial charge in [0.2, 0.25) is 0 Å². The van der Waals surface area contributed by atoms with Crippen molar-refractivity contribution in [2.75, 3.05) is 5.32 Å². The Morgan fingerprint density at radius 3 is 2.87 bits per heavy atom. The van der Waals surface area contributed by atoms with Crippen LogP contribution in [-0.4, -0.2) is 6.09 Å². The molecule has 1 heterocycles. The Kier molecular flexibility index (Phi) is 4.38. The van der Waals surface area contributed by atoms with Crippen LogP contribution in [0.15, 0.2) is 24.3 Å². The minimum Gasteiger partial charge on any atom is -0.438 e. The fourth-order valence-corrected chi connectivity index (χ4v) is 3.74. The van der Waals surface area contributed by atoms with Crippen molar-refractivity contribution in [2.45, 2.75) is 57.5 Å². The van der Waals surface area contributed by atoms with Gasteiger partial charge in [0.15, 0.2) is 0 Å². The van der Waals surface area contributed by atoms with Crippen LogP contribution in [-0.2, 0) is 10.3 Å². The average Bonchev–Trinajstić information content (AvgIpc) is 2.55. The van der Waals surface area contributed by atoms with Crippen molar-refractivity contribution < 1.29 is 9.53 Å². The molecule has 1 aromatic rings. The lowest BCUT2D eigenvalue weighted by Gasteiger charge is -2.41. The molecule has 0 unspecified atom stereocenters. The molecule has 1 aliphatic heterocycles. The summed E-state index contributed by atoms with van der Waals surface area (Å²) in [5, 5.41) is 11.8. The van der Waals surface area contributed by atoms with E-state index in [1.807, 2.05) is 12.1 Å². The first-order chi connectivity index (χ1) is 11.2. The highest BCUT2D eigenvalue weighted by atomic mass is 16.6. The Morgan fingerprint density at radius 1 is 1.39 bits per heavy atom. The number of hydrogen-bond donors (Lipinski definition) is 1. The molecule has 0 radical (unpaired) electrons. The number of nitrogens with one attached hydrogen (secondary N) is 1. The molecule has 1 N–H and O–H groups in total. The predicted octanol–water partition coefficient (Wildman–Crippen LogP) is 5.12. The molecular formula is C19H22N2O2. The van der Waals surface area contributed by atoms with Gasteiger partial charge in [-0.15, -0.1) is 0 Å². The number of nitrogens with zero attached hydrogens (tertiary/aromatic N) is 1. The van der Waals surface area contributed by atoms with Gasteiger partial charge in [-0.1, -0.05) is 25.8 Å². The van der Waals surface area contributed by atoms with Crippen LogP contribution >= 0.6 is 0 Å². The zero-order chi connectivity index (χ0) is 16.3. The van der Waals surface area contributed by atoms with Crippen LogP contribution in [0.25, 0.3) is 5.57 Å². The van der Waals surface area contributed by atoms with Crippen molar-refractivity contribution in [1.29, 1.82) is 5.26 Å². The first-order valence-electron chi connectivity index (χ1n) is 8.42. The zero-order valence-corrected chi connectivity index (χ0v) is 13.5. The summed E-state index contributed by atoms with van der Waals surface area (Å²) >= 11 is 0. The van der Waals surface area contributed by atoms with E-state index in [1.165, 1.54) is 6.42 Å². The molecule has 2 aliphatic rings. The standard InChI is InChI=1S/C19H22N2O2/c1-2-6-14(9-12-20)15-7-8-17-16(13-15)19(23-18(22)21-17)10-4-3-5-11-19/h7-9,13H,2-6,10-11H2,1H3,(H,21,22)/b14-9-. The maximum Gasteiger partial charge on any atom is 0.412 e. The van der Waals surface area contributed by atoms with Gasteiger partial charge < -0.3 is 4.74 Å². The summed E-state index contributed by atoms with van der Waals surface area (Å²) < 4.78 is 5.76. The normalized spacial score (nSPS) is 19.5. The summed E-state index contributed by atoms with van der Waals surface area (Å²) in [6.07, 6.45) is 8.23. The van der Waals surface area contributed by atoms with Gasteiger partial charge in [0.1, 0.15) is 5.60 Å². The SMILES string of the molecule is CCC/C(=C/C#N)c1ccc2c(c1)C1(CCCCC1)OC(=O)N2. The third-order valence-corrected chi connectivity index (χ3v) is 4.83. The number of amides is 1. The second-order valence-corrected chi connectivity index (χ2v) is 6.38. The Hall–Kier alpha value is -2.28. The Bertz CT molecular complexity index is 679. The molecule has 120 valence electrons. The molecule has 23 heavy (non-hydrogen) atoms. The number of nitriles is 1. The van der Waals surface area contributed by atoms with Gasteiger partial charge in [-0.3, -0.25) is 5.32 Å². The van der Waals surface area contributed by atoms with Gasteiger partial charge in [0.05, 0.1) is 11.8 Å². The van der Waals surface area contributed by atoms with Crippen LogP contribution in [0.3, 0.4) is 0 Å². The second-order valence-electron chi connectivity index (χ2n) is 6.38. The van der Waals surface area contributed by atoms with Crippen LogP contribution < -0.4 is 5.32 Å². The minimum absolute atomic E-state index is 0.353. The van der Waals surface area contributed by atoms with Crippen molar-refractivity contribution in [1.82, 2.24) is 0 Å². The third-order valence-electron chi connectivity index (χ3n) is 4.83. The number of carbonyl (C=O) groups is 1. The van der Waals surface area contributed by atoms with Gasteiger partial charge in [-0.25, -0.2) is 4.79 Å². The number of benzene rings is 1. The Balaban J connectivity index is 2.06. The molecule has 1 aromatic carbocycles. The van der Waals surface area contributed by atoms with E-state index in [0.717, 1.165) is 60.9 Å². The predicted molar refractivity (Wildman–Crippen MR) is 89.8 cm³/mol. The van der Waals surface area contributed by atoms with E-state index in [9.17, 15) is 4.79 Å². The third kappa shape index (κ3) is 2.96. The van der Waals surface area contributed by atoms with E-state index in [4.69, 9.17) is 10.00 Å². The Labute approximate surface area is 137 Å². The first kappa shape index (κ1) is 15.6. The number of rotatable bonds is 3. The lowest BCUT2D eigenvalue weighted by atomic mass is 9.77. The van der Waals surface area contributed by atoms with Crippen LogP contribution in [0.4, 0.5) is 10.5 Å². The number of carbonyl (C=O) groups excluding carboxylic acids is 1. The number of allylic oxidation sites excluding steroid dienone is 2. The minimum atomic E-state index is -0.490. The first-order valence-corrected chi connectivity index (χ1v) is 8.42. The largest absolute Gasteiger partial charge is 0.438 e. The van der Waals surface area contributed by atoms with Crippen LogP contribution in [0, 0.1) is 11.3 Å². The van der Waals surface area contributed by atoms with Crippen molar-refractivity contribution >= 4 is 17.4 Å². The van der Waals surface area contributed by atoms with Gasteiger partial charge in [0.25, 0.3) is 0 Å². The molecule has 0 bridgehead atoms. The van der Waals surface area contributed by atoms with E-state index in [1.54, 1.807) is 6.08 Å². The number of ether oxygens (including phenoxy) is 1. The maximum absolute atomic E-state index is 11.9. The monoisotopic (exact) mass is 310 g/mol. The van der Waals surface area contributed by atoms with E-state index in [0.29, 0.717) is 0 Å². The van der Waals surface area contributed by atoms with E-state index >= 15 is 0 Å². The second kappa shape index (κ2) is 6.45. The summed E-state index contributed by atoms with van der Waals surface area (Å²) in [6, 6.07) is 8.19. The van der Waals surface area contributed by atoms with Crippen molar-refractivity contribution in [3.05, 3.63) is 35.4 Å². The molecular weight excluding hydrogens is 288 g/mol. The number of anilines is 1.